The van der Waals surface area contributed by atoms with Crippen LogP contribution in [0.2, 0.25) is 0 Å². The molecule has 2 aliphatic heterocycles. The quantitative estimate of drug-likeness (QED) is 0.451. The minimum Gasteiger partial charge on any atom is -0.481 e. The molecular formula is C27H38N4O5. The molecule has 1 amide bonds. The van der Waals surface area contributed by atoms with Crippen molar-refractivity contribution < 1.29 is 24.2 Å². The summed E-state index contributed by atoms with van der Waals surface area (Å²) in [6.07, 6.45) is 8.19. The molecule has 0 aliphatic carbocycles. The summed E-state index contributed by atoms with van der Waals surface area (Å²) in [7, 11) is 0. The van der Waals surface area contributed by atoms with Gasteiger partial charge in [0, 0.05) is 50.5 Å². The monoisotopic (exact) mass is 498 g/mol. The van der Waals surface area contributed by atoms with E-state index >= 15 is 0 Å². The van der Waals surface area contributed by atoms with Crippen molar-refractivity contribution in [3.63, 3.8) is 0 Å². The maximum absolute atomic E-state index is 13.4. The fourth-order valence-electron chi connectivity index (χ4n) is 5.36. The second-order valence-corrected chi connectivity index (χ2v) is 9.73. The van der Waals surface area contributed by atoms with Crippen LogP contribution in [-0.2, 0) is 16.1 Å². The number of ether oxygens (including phenoxy) is 2. The van der Waals surface area contributed by atoms with E-state index in [4.69, 9.17) is 9.47 Å². The number of aliphatic carboxylic acids is 1. The van der Waals surface area contributed by atoms with Crippen molar-refractivity contribution in [3.8, 4) is 11.5 Å². The third-order valence-electron chi connectivity index (χ3n) is 7.33. The van der Waals surface area contributed by atoms with E-state index in [2.05, 4.69) is 23.8 Å². The normalized spacial score (nSPS) is 21.1. The van der Waals surface area contributed by atoms with Gasteiger partial charge in [0.25, 0.3) is 0 Å². The van der Waals surface area contributed by atoms with Gasteiger partial charge in [-0.05, 0) is 43.0 Å². The Morgan fingerprint density at radius 1 is 1.14 bits per heavy atom. The highest BCUT2D eigenvalue weighted by Crippen LogP contribution is 2.42. The number of carbonyl (C=O) groups is 2. The molecule has 0 bridgehead atoms. The second-order valence-electron chi connectivity index (χ2n) is 9.73. The van der Waals surface area contributed by atoms with Crippen LogP contribution in [-0.4, -0.2) is 75.6 Å². The van der Waals surface area contributed by atoms with Crippen LogP contribution in [0.25, 0.3) is 0 Å². The van der Waals surface area contributed by atoms with Crippen molar-refractivity contribution in [1.82, 2.24) is 19.6 Å². The molecule has 196 valence electrons. The first-order chi connectivity index (χ1) is 17.5. The van der Waals surface area contributed by atoms with Gasteiger partial charge in [-0.15, -0.1) is 0 Å². The van der Waals surface area contributed by atoms with Crippen molar-refractivity contribution in [1.29, 1.82) is 0 Å². The summed E-state index contributed by atoms with van der Waals surface area (Å²) in [6, 6.07) is 7.25. The number of likely N-dealkylation sites (tertiary alicyclic amines) is 1. The number of carboxylic acids is 1. The highest BCUT2D eigenvalue weighted by Gasteiger charge is 2.47. The predicted molar refractivity (Wildman–Crippen MR) is 135 cm³/mol. The van der Waals surface area contributed by atoms with Crippen LogP contribution in [0, 0.1) is 5.92 Å². The maximum atomic E-state index is 13.4. The Kier molecular flexibility index (Phi) is 8.85. The molecule has 1 aromatic heterocycles. The lowest BCUT2D eigenvalue weighted by Gasteiger charge is -2.29. The molecule has 2 aliphatic rings. The number of carbonyl (C=O) groups excluding carboxylic acids is 1. The number of nitrogens with zero attached hydrogens (tertiary/aromatic N) is 4. The van der Waals surface area contributed by atoms with Crippen molar-refractivity contribution in [2.24, 2.45) is 5.92 Å². The molecular weight excluding hydrogens is 460 g/mol. The highest BCUT2D eigenvalue weighted by atomic mass is 16.7. The number of fused-ring (bicyclic) bond motifs is 1. The molecule has 0 spiro atoms. The van der Waals surface area contributed by atoms with Gasteiger partial charge in [0.15, 0.2) is 11.5 Å². The first-order valence-electron chi connectivity index (χ1n) is 13.1. The third-order valence-corrected chi connectivity index (χ3v) is 7.33. The van der Waals surface area contributed by atoms with Crippen LogP contribution in [0.15, 0.2) is 36.7 Å². The molecule has 2 aromatic rings. The summed E-state index contributed by atoms with van der Waals surface area (Å²) in [5.41, 5.74) is 0.902. The van der Waals surface area contributed by atoms with Gasteiger partial charge in [-0.3, -0.25) is 19.2 Å². The highest BCUT2D eigenvalue weighted by molar-refractivity contribution is 5.79. The fourth-order valence-corrected chi connectivity index (χ4v) is 5.36. The van der Waals surface area contributed by atoms with Crippen molar-refractivity contribution in [2.45, 2.75) is 64.5 Å². The number of unbranched alkanes of at least 4 members (excludes halogenated alkanes) is 2. The number of rotatable bonds is 13. The summed E-state index contributed by atoms with van der Waals surface area (Å²) in [5.74, 6) is -0.345. The number of amides is 1. The average molecular weight is 499 g/mol. The van der Waals surface area contributed by atoms with Crippen LogP contribution in [0.1, 0.15) is 57.4 Å². The lowest BCUT2D eigenvalue weighted by atomic mass is 9.84. The molecule has 9 heteroatoms. The molecule has 9 nitrogen and oxygen atoms in total. The Bertz CT molecular complexity index is 1000. The first-order valence-corrected chi connectivity index (χ1v) is 13.1. The van der Waals surface area contributed by atoms with Crippen molar-refractivity contribution >= 4 is 11.9 Å². The van der Waals surface area contributed by atoms with Gasteiger partial charge < -0.3 is 19.5 Å². The molecule has 1 saturated heterocycles. The fraction of sp³-hybridized carbons (Fsp3) is 0.593. The Balaban J connectivity index is 1.58. The van der Waals surface area contributed by atoms with E-state index in [-0.39, 0.29) is 31.2 Å². The Hall–Kier alpha value is -3.07. The number of carboxylic acid groups (broad SMARTS) is 1. The molecule has 1 fully saturated rings. The van der Waals surface area contributed by atoms with Crippen molar-refractivity contribution in [3.05, 3.63) is 42.2 Å². The van der Waals surface area contributed by atoms with Gasteiger partial charge in [0.2, 0.25) is 12.7 Å². The van der Waals surface area contributed by atoms with Crippen LogP contribution < -0.4 is 9.47 Å². The van der Waals surface area contributed by atoms with Gasteiger partial charge >= 0.3 is 5.97 Å². The molecule has 3 heterocycles. The number of hydrogen-bond acceptors (Lipinski definition) is 6. The molecule has 1 N–H and O–H groups in total. The van der Waals surface area contributed by atoms with E-state index in [1.54, 1.807) is 6.20 Å². The van der Waals surface area contributed by atoms with E-state index in [1.807, 2.05) is 40.0 Å². The van der Waals surface area contributed by atoms with Gasteiger partial charge in [-0.1, -0.05) is 32.8 Å². The smallest absolute Gasteiger partial charge is 0.308 e. The molecule has 0 saturated carbocycles. The zero-order chi connectivity index (χ0) is 25.5. The number of hydrogen-bond donors (Lipinski definition) is 1. The lowest BCUT2D eigenvalue weighted by Crippen LogP contribution is -2.45. The maximum Gasteiger partial charge on any atom is 0.308 e. The first kappa shape index (κ1) is 26.0. The van der Waals surface area contributed by atoms with E-state index in [9.17, 15) is 14.7 Å². The van der Waals surface area contributed by atoms with E-state index < -0.39 is 11.9 Å². The summed E-state index contributed by atoms with van der Waals surface area (Å²) in [4.78, 5) is 30.1. The minimum absolute atomic E-state index is 0.0801. The summed E-state index contributed by atoms with van der Waals surface area (Å²) < 4.78 is 12.8. The van der Waals surface area contributed by atoms with E-state index in [1.165, 1.54) is 0 Å². The van der Waals surface area contributed by atoms with E-state index in [0.717, 1.165) is 44.3 Å². The number of benzene rings is 1. The Morgan fingerprint density at radius 2 is 1.89 bits per heavy atom. The minimum atomic E-state index is -0.841. The second kappa shape index (κ2) is 12.3. The van der Waals surface area contributed by atoms with E-state index in [0.29, 0.717) is 31.0 Å². The molecule has 3 atom stereocenters. The van der Waals surface area contributed by atoms with Crippen LogP contribution in [0.4, 0.5) is 0 Å². The summed E-state index contributed by atoms with van der Waals surface area (Å²) >= 11 is 0. The SMILES string of the molecule is CCCCN(CCCC)C(=O)CN1C[C@H](c2ccc3c(c2)OCO3)[C@@H](C(=O)O)[C@@H]1CCn1cccn1. The molecule has 0 radical (unpaired) electrons. The van der Waals surface area contributed by atoms with Crippen molar-refractivity contribution in [2.75, 3.05) is 33.0 Å². The van der Waals surface area contributed by atoms with Gasteiger partial charge in [0.1, 0.15) is 0 Å². The zero-order valence-electron chi connectivity index (χ0n) is 21.3. The zero-order valence-corrected chi connectivity index (χ0v) is 21.3. The van der Waals surface area contributed by atoms with Gasteiger partial charge in [0.05, 0.1) is 12.5 Å². The number of aromatic nitrogens is 2. The van der Waals surface area contributed by atoms with Crippen LogP contribution in [0.5, 0.6) is 11.5 Å². The van der Waals surface area contributed by atoms with Crippen LogP contribution in [0.3, 0.4) is 0 Å². The molecule has 36 heavy (non-hydrogen) atoms. The standard InChI is InChI=1S/C27H38N4O5/c1-3-5-12-29(13-6-4-2)25(32)18-30-17-21(20-8-9-23-24(16-20)36-19-35-23)26(27(33)34)22(30)10-15-31-14-7-11-28-31/h7-9,11,14,16,21-22,26H,3-6,10,12-13,15,17-19H2,1-2H3,(H,33,34)/t21-,22+,26-/m1/s1. The molecule has 1 aromatic carbocycles. The largest absolute Gasteiger partial charge is 0.481 e. The Labute approximate surface area is 213 Å². The average Bonchev–Trinajstić information content (AvgIpc) is 3.62. The summed E-state index contributed by atoms with van der Waals surface area (Å²) in [5, 5.41) is 14.6. The van der Waals surface area contributed by atoms with Gasteiger partial charge in [-0.25, -0.2) is 0 Å². The topological polar surface area (TPSA) is 97.1 Å². The number of aryl methyl sites for hydroxylation is 1. The van der Waals surface area contributed by atoms with Crippen LogP contribution >= 0.6 is 0 Å². The summed E-state index contributed by atoms with van der Waals surface area (Å²) in [6.45, 7) is 7.23. The molecule has 4 rings (SSSR count). The van der Waals surface area contributed by atoms with Gasteiger partial charge in [-0.2, -0.15) is 5.10 Å². The predicted octanol–water partition coefficient (Wildman–Crippen LogP) is 3.60. The third kappa shape index (κ3) is 6.00. The lowest BCUT2D eigenvalue weighted by molar-refractivity contribution is -0.144. The Morgan fingerprint density at radius 3 is 2.56 bits per heavy atom. The molecule has 0 unspecified atom stereocenters.